The van der Waals surface area contributed by atoms with Gasteiger partial charge in [-0.15, -0.1) is 0 Å². The maximum absolute atomic E-state index is 12.9. The summed E-state index contributed by atoms with van der Waals surface area (Å²) in [6.45, 7) is 6.63. The molecule has 3 aromatic heterocycles. The van der Waals surface area contributed by atoms with Gasteiger partial charge in [0.25, 0.3) is 0 Å². The van der Waals surface area contributed by atoms with Crippen LogP contribution in [0.15, 0.2) is 58.4 Å². The van der Waals surface area contributed by atoms with E-state index in [0.717, 1.165) is 38.4 Å². The Labute approximate surface area is 212 Å². The van der Waals surface area contributed by atoms with E-state index in [0.29, 0.717) is 40.8 Å². The molecule has 1 fully saturated rings. The molecule has 0 aliphatic carbocycles. The number of aromatic amines is 1. The summed E-state index contributed by atoms with van der Waals surface area (Å²) in [5.74, 6) is 7.36. The predicted molar refractivity (Wildman–Crippen MR) is 140 cm³/mol. The van der Waals surface area contributed by atoms with Gasteiger partial charge in [0, 0.05) is 51.2 Å². The number of nitriles is 1. The molecule has 4 aromatic rings. The van der Waals surface area contributed by atoms with E-state index in [9.17, 15) is 4.79 Å². The lowest BCUT2D eigenvalue weighted by Crippen LogP contribution is -2.47. The van der Waals surface area contributed by atoms with Crippen LogP contribution in [0.25, 0.3) is 5.78 Å². The van der Waals surface area contributed by atoms with Crippen molar-refractivity contribution >= 4 is 23.0 Å². The van der Waals surface area contributed by atoms with Crippen LogP contribution in [0.3, 0.4) is 0 Å². The van der Waals surface area contributed by atoms with E-state index >= 15 is 0 Å². The molecule has 188 valence electrons. The number of hydrogen-bond donors (Lipinski definition) is 2. The average molecular weight is 498 g/mol. The minimum Gasteiger partial charge on any atom is -0.369 e. The summed E-state index contributed by atoms with van der Waals surface area (Å²) in [4.78, 5) is 31.5. The van der Waals surface area contributed by atoms with Crippen LogP contribution >= 0.6 is 0 Å². The summed E-state index contributed by atoms with van der Waals surface area (Å²) < 4.78 is 3.32. The van der Waals surface area contributed by atoms with E-state index < -0.39 is 0 Å². The van der Waals surface area contributed by atoms with Gasteiger partial charge in [-0.1, -0.05) is 6.07 Å². The minimum absolute atomic E-state index is 0.232. The fourth-order valence-corrected chi connectivity index (χ4v) is 4.92. The molecule has 0 spiro atoms. The van der Waals surface area contributed by atoms with Crippen molar-refractivity contribution < 1.29 is 0 Å². The van der Waals surface area contributed by atoms with Gasteiger partial charge in [-0.25, -0.2) is 20.3 Å². The van der Waals surface area contributed by atoms with Crippen molar-refractivity contribution in [2.45, 2.75) is 19.6 Å². The molecule has 1 unspecified atom stereocenters. The molecular formula is C25H27N11O. The molecule has 12 nitrogen and oxygen atoms in total. The number of piperazine rings is 1. The van der Waals surface area contributed by atoms with Crippen LogP contribution in [0.2, 0.25) is 0 Å². The molecule has 5 heterocycles. The van der Waals surface area contributed by atoms with Crippen molar-refractivity contribution in [2.24, 2.45) is 10.8 Å². The minimum atomic E-state index is -0.323. The lowest BCUT2D eigenvalue weighted by atomic mass is 10.1. The number of imidazole rings is 1. The number of H-pyrrole nitrogens is 1. The van der Waals surface area contributed by atoms with Crippen LogP contribution in [0, 0.1) is 11.3 Å². The second-order valence-electron chi connectivity index (χ2n) is 9.21. The first-order valence-electron chi connectivity index (χ1n) is 12.3. The van der Waals surface area contributed by atoms with Gasteiger partial charge < -0.3 is 4.90 Å². The summed E-state index contributed by atoms with van der Waals surface area (Å²) in [5, 5.41) is 13.4. The molecule has 0 saturated carbocycles. The third-order valence-corrected chi connectivity index (χ3v) is 7.00. The molecule has 1 aromatic carbocycles. The number of aromatic nitrogens is 5. The first kappa shape index (κ1) is 23.0. The first-order chi connectivity index (χ1) is 18.0. The smallest absolute Gasteiger partial charge is 0.343 e. The highest BCUT2D eigenvalue weighted by atomic mass is 16.2. The topological polar surface area (TPSA) is 140 Å². The molecule has 12 heteroatoms. The lowest BCUT2D eigenvalue weighted by Gasteiger charge is -2.36. The summed E-state index contributed by atoms with van der Waals surface area (Å²) in [6.07, 6.45) is 1.39. The third kappa shape index (κ3) is 4.04. The van der Waals surface area contributed by atoms with Crippen LogP contribution in [-0.2, 0) is 6.54 Å². The Morgan fingerprint density at radius 2 is 1.89 bits per heavy atom. The zero-order valence-corrected chi connectivity index (χ0v) is 20.4. The fraction of sp³-hybridized carbons (Fsp3) is 0.320. The summed E-state index contributed by atoms with van der Waals surface area (Å²) in [6, 6.07) is 15.5. The Morgan fingerprint density at radius 3 is 2.59 bits per heavy atom. The molecule has 0 amide bonds. The fourth-order valence-electron chi connectivity index (χ4n) is 4.92. The Hall–Kier alpha value is -4.47. The van der Waals surface area contributed by atoms with Crippen LogP contribution < -0.4 is 21.4 Å². The largest absolute Gasteiger partial charge is 0.369 e. The third-order valence-electron chi connectivity index (χ3n) is 7.00. The normalized spacial score (nSPS) is 18.1. The molecule has 37 heavy (non-hydrogen) atoms. The Balaban J connectivity index is 1.21. The standard InChI is InChI=1S/C25H27N11O/c1-17-29-21(20-4-2-3-9-28-20)22-23(35(17)27)30-24-34(25(37)31-36(22)24)15-12-32-10-13-33(14-11-32)19-7-5-18(16-26)6-8-19/h2-9,17H,10-15,27H2,1H3,(H,31,37). The van der Waals surface area contributed by atoms with Gasteiger partial charge in [0.15, 0.2) is 5.82 Å². The molecule has 2 aliphatic rings. The van der Waals surface area contributed by atoms with E-state index in [4.69, 9.17) is 21.1 Å². The van der Waals surface area contributed by atoms with Crippen molar-refractivity contribution in [3.63, 3.8) is 0 Å². The molecule has 1 saturated heterocycles. The number of nitrogens with one attached hydrogen (secondary N) is 1. The summed E-state index contributed by atoms with van der Waals surface area (Å²) in [7, 11) is 0. The van der Waals surface area contributed by atoms with Crippen molar-refractivity contribution in [1.82, 2.24) is 29.0 Å². The van der Waals surface area contributed by atoms with Crippen LogP contribution in [0.5, 0.6) is 0 Å². The van der Waals surface area contributed by atoms with Crippen molar-refractivity contribution in [3.05, 3.63) is 76.1 Å². The van der Waals surface area contributed by atoms with Gasteiger partial charge in [0.2, 0.25) is 5.78 Å². The van der Waals surface area contributed by atoms with Crippen LogP contribution in [-0.4, -0.2) is 73.7 Å². The van der Waals surface area contributed by atoms with E-state index in [1.165, 1.54) is 5.01 Å². The molecule has 0 bridgehead atoms. The number of aliphatic imine (C=N–C) groups is 1. The maximum Gasteiger partial charge on any atom is 0.343 e. The van der Waals surface area contributed by atoms with Crippen LogP contribution in [0.1, 0.15) is 23.9 Å². The average Bonchev–Trinajstić information content (AvgIpc) is 3.45. The van der Waals surface area contributed by atoms with E-state index in [2.05, 4.69) is 26.0 Å². The number of hydrazine groups is 1. The van der Waals surface area contributed by atoms with Gasteiger partial charge in [0.1, 0.15) is 17.6 Å². The number of hydrogen-bond acceptors (Lipinski definition) is 9. The highest BCUT2D eigenvalue weighted by Crippen LogP contribution is 2.28. The molecule has 2 aliphatic heterocycles. The van der Waals surface area contributed by atoms with E-state index in [1.807, 2.05) is 49.4 Å². The highest BCUT2D eigenvalue weighted by Gasteiger charge is 2.32. The number of nitrogens with two attached hydrogens (primary N) is 1. The van der Waals surface area contributed by atoms with Crippen LogP contribution in [0.4, 0.5) is 11.5 Å². The van der Waals surface area contributed by atoms with Gasteiger partial charge >= 0.3 is 5.69 Å². The number of pyridine rings is 1. The number of rotatable bonds is 5. The molecule has 6 rings (SSSR count). The monoisotopic (exact) mass is 497 g/mol. The second kappa shape index (κ2) is 9.20. The number of benzene rings is 1. The van der Waals surface area contributed by atoms with Gasteiger partial charge in [-0.2, -0.15) is 10.2 Å². The molecule has 1 atom stereocenters. The number of fused-ring (bicyclic) bond motifs is 3. The van der Waals surface area contributed by atoms with Crippen molar-refractivity contribution in [3.8, 4) is 6.07 Å². The Morgan fingerprint density at radius 1 is 1.11 bits per heavy atom. The van der Waals surface area contributed by atoms with Crippen molar-refractivity contribution in [2.75, 3.05) is 42.6 Å². The van der Waals surface area contributed by atoms with E-state index in [1.54, 1.807) is 15.3 Å². The SMILES string of the molecule is CC1N=C(c2ccccn2)c2c(nc3n(CCN4CCN(c5ccc(C#N)cc5)CC4)c(=O)[nH]n23)N1N. The van der Waals surface area contributed by atoms with Gasteiger partial charge in [-0.05, 0) is 43.3 Å². The summed E-state index contributed by atoms with van der Waals surface area (Å²) in [5.41, 5.74) is 3.52. The zero-order valence-electron chi connectivity index (χ0n) is 20.4. The Bertz CT molecular complexity index is 1550. The van der Waals surface area contributed by atoms with Gasteiger partial charge in [-0.3, -0.25) is 24.5 Å². The maximum atomic E-state index is 12.9. The lowest BCUT2D eigenvalue weighted by molar-refractivity contribution is 0.248. The number of anilines is 2. The zero-order chi connectivity index (χ0) is 25.5. The first-order valence-corrected chi connectivity index (χ1v) is 12.3. The highest BCUT2D eigenvalue weighted by molar-refractivity contribution is 6.14. The second-order valence-corrected chi connectivity index (χ2v) is 9.21. The quantitative estimate of drug-likeness (QED) is 0.386. The van der Waals surface area contributed by atoms with Gasteiger partial charge in [0.05, 0.1) is 17.3 Å². The molecular weight excluding hydrogens is 470 g/mol. The number of nitrogens with zero attached hydrogens (tertiary/aromatic N) is 9. The predicted octanol–water partition coefficient (Wildman–Crippen LogP) is 0.790. The molecule has 3 N–H and O–H groups in total. The molecule has 0 radical (unpaired) electrons. The van der Waals surface area contributed by atoms with Crippen molar-refractivity contribution in [1.29, 1.82) is 5.26 Å². The Kier molecular flexibility index (Phi) is 5.71. The summed E-state index contributed by atoms with van der Waals surface area (Å²) >= 11 is 0. The van der Waals surface area contributed by atoms with E-state index in [-0.39, 0.29) is 11.9 Å².